The van der Waals surface area contributed by atoms with Crippen LogP contribution in [0.1, 0.15) is 42.9 Å². The molecule has 3 aromatic carbocycles. The van der Waals surface area contributed by atoms with Crippen molar-refractivity contribution in [1.82, 2.24) is 0 Å². The molecule has 0 saturated heterocycles. The Morgan fingerprint density at radius 2 is 0.857 bits per heavy atom. The van der Waals surface area contributed by atoms with Crippen LogP contribution in [0.2, 0.25) is 0 Å². The maximum Gasteiger partial charge on any atom is 0.112 e. The smallest absolute Gasteiger partial charge is 0.112 e. The molecule has 0 unspecified atom stereocenters. The van der Waals surface area contributed by atoms with Crippen molar-refractivity contribution < 1.29 is 12.4 Å². The maximum atomic E-state index is 2.38. The summed E-state index contributed by atoms with van der Waals surface area (Å²) in [5.74, 6) is 0. The van der Waals surface area contributed by atoms with Crippen molar-refractivity contribution in [3.63, 3.8) is 0 Å². The largest absolute Gasteiger partial charge is 1.00 e. The van der Waals surface area contributed by atoms with Gasteiger partial charge in [-0.2, -0.15) is 0 Å². The van der Waals surface area contributed by atoms with Crippen LogP contribution in [0.5, 0.6) is 0 Å². The molecule has 0 N–H and O–H groups in total. The highest BCUT2D eigenvalue weighted by Crippen LogP contribution is 2.56. The van der Waals surface area contributed by atoms with Gasteiger partial charge in [-0.25, -0.2) is 0 Å². The molecule has 0 saturated carbocycles. The van der Waals surface area contributed by atoms with Crippen molar-refractivity contribution in [2.75, 3.05) is 6.16 Å². The van der Waals surface area contributed by atoms with Gasteiger partial charge in [-0.1, -0.05) is 72.9 Å². The van der Waals surface area contributed by atoms with Gasteiger partial charge in [0.05, 0.1) is 6.16 Å². The average molecular weight is 411 g/mol. The van der Waals surface area contributed by atoms with Crippen LogP contribution in [0, 0.1) is 20.8 Å². The maximum absolute atomic E-state index is 2.38. The molecule has 2 heteroatoms. The normalized spacial score (nSPS) is 11.1. The fraction of sp³-hybridized carbons (Fsp3) is 0.308. The lowest BCUT2D eigenvalue weighted by Gasteiger charge is -2.28. The minimum Gasteiger partial charge on any atom is -1.00 e. The molecular formula is C26H32ClP. The molecule has 148 valence electrons. The molecule has 3 aromatic rings. The van der Waals surface area contributed by atoms with Crippen molar-refractivity contribution in [3.8, 4) is 0 Å². The zero-order valence-electron chi connectivity index (χ0n) is 17.6. The number of unbranched alkanes of at least 4 members (excludes halogenated alkanes) is 2. The molecule has 3 rings (SSSR count). The molecule has 0 bridgehead atoms. The van der Waals surface area contributed by atoms with Crippen molar-refractivity contribution in [2.24, 2.45) is 0 Å². The van der Waals surface area contributed by atoms with Crippen molar-refractivity contribution >= 4 is 23.2 Å². The third-order valence-electron chi connectivity index (χ3n) is 5.52. The van der Waals surface area contributed by atoms with E-state index in [0.717, 1.165) is 0 Å². The highest BCUT2D eigenvalue weighted by molar-refractivity contribution is 7.95. The zero-order valence-corrected chi connectivity index (χ0v) is 19.2. The minimum absolute atomic E-state index is 0. The Labute approximate surface area is 178 Å². The third kappa shape index (κ3) is 4.86. The second-order valence-electron chi connectivity index (χ2n) is 7.75. The lowest BCUT2D eigenvalue weighted by molar-refractivity contribution is -0.00000566. The van der Waals surface area contributed by atoms with Gasteiger partial charge in [0.25, 0.3) is 0 Å². The predicted molar refractivity (Wildman–Crippen MR) is 124 cm³/mol. The molecule has 0 amide bonds. The Morgan fingerprint density at radius 1 is 0.536 bits per heavy atom. The van der Waals surface area contributed by atoms with Gasteiger partial charge in [0.2, 0.25) is 0 Å². The van der Waals surface area contributed by atoms with Gasteiger partial charge in [-0.3, -0.25) is 0 Å². The van der Waals surface area contributed by atoms with E-state index in [0.29, 0.717) is 0 Å². The summed E-state index contributed by atoms with van der Waals surface area (Å²) in [6, 6.07) is 28.0. The Kier molecular flexibility index (Phi) is 8.29. The average Bonchev–Trinajstić information content (AvgIpc) is 2.68. The first-order valence-electron chi connectivity index (χ1n) is 10.2. The summed E-state index contributed by atoms with van der Waals surface area (Å²) >= 11 is 0. The monoisotopic (exact) mass is 410 g/mol. The second-order valence-corrected chi connectivity index (χ2v) is 11.4. The van der Waals surface area contributed by atoms with Crippen LogP contribution in [-0.4, -0.2) is 6.16 Å². The van der Waals surface area contributed by atoms with Gasteiger partial charge in [-0.05, 0) is 63.6 Å². The molecule has 0 heterocycles. The summed E-state index contributed by atoms with van der Waals surface area (Å²) in [7, 11) is -1.64. The van der Waals surface area contributed by atoms with E-state index in [1.165, 1.54) is 58.0 Å². The van der Waals surface area contributed by atoms with Gasteiger partial charge in [-0.15, -0.1) is 0 Å². The number of aryl methyl sites for hydroxylation is 3. The molecule has 0 nitrogen and oxygen atoms in total. The van der Waals surface area contributed by atoms with E-state index < -0.39 is 7.26 Å². The van der Waals surface area contributed by atoms with Crippen LogP contribution in [0.15, 0.2) is 72.8 Å². The SMILES string of the molecule is CCCCC[P+](c1ccc(C)cc1)(c1ccc(C)cc1)c1ccc(C)cc1.[Cl-]. The minimum atomic E-state index is -1.64. The summed E-state index contributed by atoms with van der Waals surface area (Å²) < 4.78 is 0. The van der Waals surface area contributed by atoms with Gasteiger partial charge >= 0.3 is 0 Å². The Hall–Kier alpha value is -1.62. The number of rotatable bonds is 7. The number of halogens is 1. The summed E-state index contributed by atoms with van der Waals surface area (Å²) in [6.45, 7) is 8.83. The number of benzene rings is 3. The fourth-order valence-electron chi connectivity index (χ4n) is 3.83. The van der Waals surface area contributed by atoms with E-state index in [-0.39, 0.29) is 12.4 Å². The first kappa shape index (κ1) is 22.7. The van der Waals surface area contributed by atoms with E-state index in [2.05, 4.69) is 100 Å². The first-order chi connectivity index (χ1) is 13.1. The molecular weight excluding hydrogens is 379 g/mol. The number of hydrogen-bond acceptors (Lipinski definition) is 0. The lowest BCUT2D eigenvalue weighted by atomic mass is 10.2. The molecule has 28 heavy (non-hydrogen) atoms. The Morgan fingerprint density at radius 3 is 1.14 bits per heavy atom. The quantitative estimate of drug-likeness (QED) is 0.415. The molecule has 0 aromatic heterocycles. The number of hydrogen-bond donors (Lipinski definition) is 0. The summed E-state index contributed by atoms with van der Waals surface area (Å²) in [6.07, 6.45) is 5.08. The highest BCUT2D eigenvalue weighted by atomic mass is 35.5. The van der Waals surface area contributed by atoms with Crippen LogP contribution in [0.4, 0.5) is 0 Å². The Bertz CT molecular complexity index is 738. The summed E-state index contributed by atoms with van der Waals surface area (Å²) in [5, 5.41) is 4.53. The molecule has 0 spiro atoms. The van der Waals surface area contributed by atoms with E-state index in [1.807, 2.05) is 0 Å². The van der Waals surface area contributed by atoms with Gasteiger partial charge in [0.1, 0.15) is 23.2 Å². The molecule has 0 aliphatic rings. The van der Waals surface area contributed by atoms with E-state index in [1.54, 1.807) is 0 Å². The standard InChI is InChI=1S/C26H32P.ClH/c1-5-6-7-20-27(24-14-8-21(2)9-15-24,25-16-10-22(3)11-17-25)26-18-12-23(4)13-19-26;/h8-19H,5-7,20H2,1-4H3;1H/q+1;/p-1. The first-order valence-corrected chi connectivity index (χ1v) is 12.1. The van der Waals surface area contributed by atoms with Crippen LogP contribution >= 0.6 is 7.26 Å². The highest BCUT2D eigenvalue weighted by Gasteiger charge is 2.44. The molecule has 0 atom stereocenters. The summed E-state index contributed by atoms with van der Waals surface area (Å²) in [5.41, 5.74) is 4.00. The van der Waals surface area contributed by atoms with E-state index in [4.69, 9.17) is 0 Å². The van der Waals surface area contributed by atoms with Gasteiger partial charge in [0, 0.05) is 0 Å². The van der Waals surface area contributed by atoms with Crippen molar-refractivity contribution in [3.05, 3.63) is 89.5 Å². The fourth-order valence-corrected chi connectivity index (χ4v) is 8.17. The second kappa shape index (κ2) is 10.2. The predicted octanol–water partition coefficient (Wildman–Crippen LogP) is 3.10. The van der Waals surface area contributed by atoms with Crippen molar-refractivity contribution in [2.45, 2.75) is 47.0 Å². The Balaban J connectivity index is 0.00000280. The molecule has 0 fully saturated rings. The third-order valence-corrected chi connectivity index (χ3v) is 10.0. The zero-order chi connectivity index (χ0) is 19.3. The topological polar surface area (TPSA) is 0 Å². The molecule has 0 radical (unpaired) electrons. The van der Waals surface area contributed by atoms with Gasteiger partial charge < -0.3 is 12.4 Å². The van der Waals surface area contributed by atoms with Crippen LogP contribution in [-0.2, 0) is 0 Å². The van der Waals surface area contributed by atoms with E-state index in [9.17, 15) is 0 Å². The van der Waals surface area contributed by atoms with Crippen LogP contribution < -0.4 is 28.3 Å². The molecule has 0 aliphatic heterocycles. The van der Waals surface area contributed by atoms with Crippen LogP contribution in [0.3, 0.4) is 0 Å². The lowest BCUT2D eigenvalue weighted by Crippen LogP contribution is -3.00. The van der Waals surface area contributed by atoms with E-state index >= 15 is 0 Å². The summed E-state index contributed by atoms with van der Waals surface area (Å²) in [4.78, 5) is 0. The van der Waals surface area contributed by atoms with Crippen molar-refractivity contribution in [1.29, 1.82) is 0 Å². The molecule has 0 aliphatic carbocycles. The van der Waals surface area contributed by atoms with Crippen LogP contribution in [0.25, 0.3) is 0 Å². The van der Waals surface area contributed by atoms with Gasteiger partial charge in [0.15, 0.2) is 0 Å².